The number of nitriles is 1. The van der Waals surface area contributed by atoms with Gasteiger partial charge in [0.2, 0.25) is 5.91 Å². The van der Waals surface area contributed by atoms with Crippen LogP contribution in [0.25, 0.3) is 0 Å². The van der Waals surface area contributed by atoms with Gasteiger partial charge < -0.3 is 5.32 Å². The summed E-state index contributed by atoms with van der Waals surface area (Å²) in [5.74, 6) is 0.844. The van der Waals surface area contributed by atoms with Gasteiger partial charge in [0.05, 0.1) is 17.5 Å². The summed E-state index contributed by atoms with van der Waals surface area (Å²) in [6.45, 7) is 0. The first-order valence-electron chi connectivity index (χ1n) is 9.62. The number of nitrogens with zero attached hydrogens (tertiary/aromatic N) is 1. The monoisotopic (exact) mass is 366 g/mol. The number of anilines is 1. The highest BCUT2D eigenvalue weighted by Crippen LogP contribution is 2.43. The molecular formula is C22H26N2OS. The highest BCUT2D eigenvalue weighted by molar-refractivity contribution is 7.16. The van der Waals surface area contributed by atoms with Crippen molar-refractivity contribution in [3.8, 4) is 6.07 Å². The molecular weight excluding hydrogens is 340 g/mol. The molecule has 0 bridgehead atoms. The molecule has 136 valence electrons. The van der Waals surface area contributed by atoms with E-state index in [4.69, 9.17) is 0 Å². The number of hydrogen-bond donors (Lipinski definition) is 1. The quantitative estimate of drug-likeness (QED) is 0.781. The maximum Gasteiger partial charge on any atom is 0.228 e. The Labute approximate surface area is 160 Å². The van der Waals surface area contributed by atoms with Crippen LogP contribution < -0.4 is 5.32 Å². The first-order chi connectivity index (χ1) is 12.8. The number of carbonyl (C=O) groups is 1. The van der Waals surface area contributed by atoms with Gasteiger partial charge in [-0.2, -0.15) is 5.26 Å². The maximum atomic E-state index is 12.6. The molecule has 0 radical (unpaired) electrons. The molecule has 1 N–H and O–H groups in total. The molecule has 1 atom stereocenters. The largest absolute Gasteiger partial charge is 0.317 e. The van der Waals surface area contributed by atoms with E-state index in [-0.39, 0.29) is 13.3 Å². The Kier molecular flexibility index (Phi) is 5.08. The Morgan fingerprint density at radius 2 is 2.00 bits per heavy atom. The second-order valence-corrected chi connectivity index (χ2v) is 8.57. The highest BCUT2D eigenvalue weighted by atomic mass is 32.1. The standard InChI is InChI=1S/C22H24N2OS.H2/c23-13-12-19-18-11-10-17(15-6-2-1-3-7-15)14-20(18)26-22(19)24-21(25)16-8-4-5-9-16;/h1-3,6-7,16-17H,4-5,8-12,14H2,(H,24,25);1H. The van der Waals surface area contributed by atoms with E-state index >= 15 is 0 Å². The molecule has 2 aromatic rings. The average Bonchev–Trinajstić information content (AvgIpc) is 3.31. The zero-order valence-corrected chi connectivity index (χ0v) is 15.8. The number of nitrogens with one attached hydrogen (secondary N) is 1. The Morgan fingerprint density at radius 3 is 2.73 bits per heavy atom. The fourth-order valence-electron chi connectivity index (χ4n) is 4.43. The maximum absolute atomic E-state index is 12.6. The van der Waals surface area contributed by atoms with Gasteiger partial charge in [-0.05, 0) is 49.1 Å². The second-order valence-electron chi connectivity index (χ2n) is 7.47. The van der Waals surface area contributed by atoms with Gasteiger partial charge in [0.15, 0.2) is 0 Å². The lowest BCUT2D eigenvalue weighted by Gasteiger charge is -2.23. The summed E-state index contributed by atoms with van der Waals surface area (Å²) in [4.78, 5) is 13.9. The van der Waals surface area contributed by atoms with Gasteiger partial charge in [-0.3, -0.25) is 4.79 Å². The van der Waals surface area contributed by atoms with Crippen LogP contribution >= 0.6 is 11.3 Å². The lowest BCUT2D eigenvalue weighted by Crippen LogP contribution is -2.20. The van der Waals surface area contributed by atoms with Crippen molar-refractivity contribution in [3.63, 3.8) is 0 Å². The van der Waals surface area contributed by atoms with Gasteiger partial charge in [0.25, 0.3) is 0 Å². The van der Waals surface area contributed by atoms with Crippen molar-refractivity contribution in [2.24, 2.45) is 5.92 Å². The van der Waals surface area contributed by atoms with Crippen molar-refractivity contribution in [2.45, 2.75) is 57.3 Å². The molecule has 1 fully saturated rings. The number of thiophene rings is 1. The molecule has 1 aromatic heterocycles. The van der Waals surface area contributed by atoms with Crippen molar-refractivity contribution in [3.05, 3.63) is 51.9 Å². The normalized spacial score (nSPS) is 19.7. The lowest BCUT2D eigenvalue weighted by atomic mass is 9.82. The Morgan fingerprint density at radius 1 is 1.23 bits per heavy atom. The summed E-state index contributed by atoms with van der Waals surface area (Å²) < 4.78 is 0. The SMILES string of the molecule is N#CCc1c(NC(=O)C2CCCC2)sc2c1CCC(c1ccccc1)C2.[HH]. The summed E-state index contributed by atoms with van der Waals surface area (Å²) in [6, 6.07) is 13.0. The highest BCUT2D eigenvalue weighted by Gasteiger charge is 2.29. The number of fused-ring (bicyclic) bond motifs is 1. The van der Waals surface area contributed by atoms with E-state index in [0.29, 0.717) is 12.3 Å². The third-order valence-electron chi connectivity index (χ3n) is 5.86. The molecule has 4 rings (SSSR count). The smallest absolute Gasteiger partial charge is 0.228 e. The van der Waals surface area contributed by atoms with E-state index in [9.17, 15) is 10.1 Å². The van der Waals surface area contributed by atoms with Crippen molar-refractivity contribution in [2.75, 3.05) is 5.32 Å². The van der Waals surface area contributed by atoms with Gasteiger partial charge in [0.1, 0.15) is 0 Å². The third kappa shape index (κ3) is 3.41. The van der Waals surface area contributed by atoms with Gasteiger partial charge >= 0.3 is 0 Å². The van der Waals surface area contributed by atoms with Crippen LogP contribution in [0, 0.1) is 17.2 Å². The lowest BCUT2D eigenvalue weighted by molar-refractivity contribution is -0.119. The summed E-state index contributed by atoms with van der Waals surface area (Å²) in [6.07, 6.45) is 7.83. The number of rotatable bonds is 4. The molecule has 1 aromatic carbocycles. The molecule has 1 unspecified atom stereocenters. The predicted molar refractivity (Wildman–Crippen MR) is 108 cm³/mol. The molecule has 1 heterocycles. The average molecular weight is 367 g/mol. The van der Waals surface area contributed by atoms with Crippen LogP contribution in [-0.4, -0.2) is 5.91 Å². The molecule has 0 spiro atoms. The molecule has 0 aliphatic heterocycles. The number of carbonyl (C=O) groups excluding carboxylic acids is 1. The molecule has 26 heavy (non-hydrogen) atoms. The van der Waals surface area contributed by atoms with Crippen molar-refractivity contribution in [1.29, 1.82) is 5.26 Å². The zero-order chi connectivity index (χ0) is 17.9. The van der Waals surface area contributed by atoms with Crippen LogP contribution in [0.15, 0.2) is 30.3 Å². The van der Waals surface area contributed by atoms with Crippen LogP contribution in [0.5, 0.6) is 0 Å². The Hall–Kier alpha value is -2.12. The first-order valence-corrected chi connectivity index (χ1v) is 10.4. The predicted octanol–water partition coefficient (Wildman–Crippen LogP) is 5.46. The van der Waals surface area contributed by atoms with E-state index in [1.54, 1.807) is 11.3 Å². The van der Waals surface area contributed by atoms with E-state index < -0.39 is 0 Å². The van der Waals surface area contributed by atoms with Crippen molar-refractivity contribution >= 4 is 22.2 Å². The summed E-state index contributed by atoms with van der Waals surface area (Å²) in [5, 5.41) is 13.4. The third-order valence-corrected chi connectivity index (χ3v) is 7.08. The molecule has 1 saturated carbocycles. The molecule has 0 saturated heterocycles. The van der Waals surface area contributed by atoms with E-state index in [1.165, 1.54) is 16.0 Å². The Balaban J connectivity index is 0.00000210. The van der Waals surface area contributed by atoms with Crippen molar-refractivity contribution < 1.29 is 6.22 Å². The van der Waals surface area contributed by atoms with Crippen molar-refractivity contribution in [1.82, 2.24) is 0 Å². The Bertz CT molecular complexity index is 834. The van der Waals surface area contributed by atoms with E-state index in [0.717, 1.165) is 55.5 Å². The van der Waals surface area contributed by atoms with E-state index in [2.05, 4.69) is 41.7 Å². The topological polar surface area (TPSA) is 52.9 Å². The molecule has 2 aliphatic rings. The second kappa shape index (κ2) is 7.63. The van der Waals surface area contributed by atoms with E-state index in [1.807, 2.05) is 0 Å². The summed E-state index contributed by atoms with van der Waals surface area (Å²) >= 11 is 1.70. The van der Waals surface area contributed by atoms with Crippen LogP contribution in [0.2, 0.25) is 0 Å². The number of hydrogen-bond acceptors (Lipinski definition) is 3. The molecule has 3 nitrogen and oxygen atoms in total. The van der Waals surface area contributed by atoms with Crippen LogP contribution in [0.3, 0.4) is 0 Å². The first kappa shape index (κ1) is 17.3. The van der Waals surface area contributed by atoms with Gasteiger partial charge in [-0.25, -0.2) is 0 Å². The molecule has 4 heteroatoms. The summed E-state index contributed by atoms with van der Waals surface area (Å²) in [7, 11) is 0. The van der Waals surface area contributed by atoms with Crippen LogP contribution in [0.1, 0.15) is 61.0 Å². The fourth-order valence-corrected chi connectivity index (χ4v) is 5.78. The summed E-state index contributed by atoms with van der Waals surface area (Å²) in [5.41, 5.74) is 3.79. The number of amides is 1. The van der Waals surface area contributed by atoms with Crippen LogP contribution in [-0.2, 0) is 24.1 Å². The van der Waals surface area contributed by atoms with Crippen LogP contribution in [0.4, 0.5) is 5.00 Å². The molecule has 2 aliphatic carbocycles. The minimum Gasteiger partial charge on any atom is -0.317 e. The minimum atomic E-state index is 0. The minimum absolute atomic E-state index is 0. The van der Waals surface area contributed by atoms with Gasteiger partial charge in [0, 0.05) is 17.8 Å². The fraction of sp³-hybridized carbons (Fsp3) is 0.455. The van der Waals surface area contributed by atoms with Gasteiger partial charge in [-0.1, -0.05) is 43.2 Å². The zero-order valence-electron chi connectivity index (χ0n) is 15.0. The number of benzene rings is 1. The van der Waals surface area contributed by atoms with Gasteiger partial charge in [-0.15, -0.1) is 11.3 Å². The molecule has 1 amide bonds.